The number of fused-ring (bicyclic) bond motifs is 5. The lowest BCUT2D eigenvalue weighted by Crippen LogP contribution is -2.51. The van der Waals surface area contributed by atoms with Crippen LogP contribution in [0.5, 0.6) is 0 Å². The molecule has 0 aromatic heterocycles. The quantitative estimate of drug-likeness (QED) is 0.717. The first kappa shape index (κ1) is 15.2. The van der Waals surface area contributed by atoms with Gasteiger partial charge in [0.05, 0.1) is 12.2 Å². The predicted molar refractivity (Wildman–Crippen MR) is 88.3 cm³/mol. The Bertz CT molecular complexity index is 484. The third-order valence-electron chi connectivity index (χ3n) is 8.41. The summed E-state index contributed by atoms with van der Waals surface area (Å²) in [5.74, 6) is 2.29. The van der Waals surface area contributed by atoms with Gasteiger partial charge < -0.3 is 10.2 Å². The van der Waals surface area contributed by atoms with E-state index < -0.39 is 0 Å². The van der Waals surface area contributed by atoms with Gasteiger partial charge in [0.2, 0.25) is 0 Å². The van der Waals surface area contributed by atoms with Gasteiger partial charge in [-0.15, -0.1) is 0 Å². The molecule has 0 amide bonds. The molecule has 0 aromatic rings. The minimum atomic E-state index is -0.109. The molecule has 0 spiro atoms. The Kier molecular flexibility index (Phi) is 3.51. The normalized spacial score (nSPS) is 54.2. The van der Waals surface area contributed by atoms with E-state index in [0.29, 0.717) is 5.41 Å². The molecule has 0 aliphatic heterocycles. The number of aliphatic hydroxyl groups is 2. The number of hydrogen-bond acceptors (Lipinski definition) is 2. The summed E-state index contributed by atoms with van der Waals surface area (Å²) in [6.45, 7) is 4.77. The summed E-state index contributed by atoms with van der Waals surface area (Å²) in [5.41, 5.74) is 2.10. The summed E-state index contributed by atoms with van der Waals surface area (Å²) in [4.78, 5) is 0. The second kappa shape index (κ2) is 5.08. The fourth-order valence-electron chi connectivity index (χ4n) is 7.10. The molecule has 2 nitrogen and oxygen atoms in total. The first-order chi connectivity index (χ1) is 10.5. The topological polar surface area (TPSA) is 40.5 Å². The Balaban J connectivity index is 1.68. The van der Waals surface area contributed by atoms with E-state index in [1.165, 1.54) is 25.7 Å². The van der Waals surface area contributed by atoms with Crippen molar-refractivity contribution in [1.82, 2.24) is 0 Å². The summed E-state index contributed by atoms with van der Waals surface area (Å²) in [6, 6.07) is 0. The molecule has 2 N–H and O–H groups in total. The third-order valence-corrected chi connectivity index (χ3v) is 8.41. The molecule has 4 rings (SSSR count). The predicted octanol–water partition coefficient (Wildman–Crippen LogP) is 4.06. The maximum absolute atomic E-state index is 10.6. The van der Waals surface area contributed by atoms with E-state index in [-0.39, 0.29) is 17.6 Å². The molecule has 3 fully saturated rings. The zero-order valence-electron chi connectivity index (χ0n) is 14.2. The van der Waals surface area contributed by atoms with Crippen LogP contribution < -0.4 is 0 Å². The number of allylic oxidation sites excluding steroid dienone is 1. The van der Waals surface area contributed by atoms with Gasteiger partial charge in [0.25, 0.3) is 0 Å². The standard InChI is InChI=1S/C20H32O2/c1-3-20-11-9-16-15(17(20)6-7-18(20)22)5-4-13-12-14(21)8-10-19(13,16)2/h4,14-18,21-22H,3,5-12H2,1-2H3/t14-,15+,16-,17-,18-,19-,20-/m0/s1. The van der Waals surface area contributed by atoms with Crippen LogP contribution in [-0.4, -0.2) is 22.4 Å². The van der Waals surface area contributed by atoms with Crippen molar-refractivity contribution in [2.24, 2.45) is 28.6 Å². The first-order valence-electron chi connectivity index (χ1n) is 9.57. The summed E-state index contributed by atoms with van der Waals surface area (Å²) >= 11 is 0. The van der Waals surface area contributed by atoms with E-state index in [4.69, 9.17) is 0 Å². The SMILES string of the molecule is CC[C@]12CC[C@H]3[C@@H](CC=C4C[C@@H](O)CC[C@@]43C)[C@@H]1CC[C@@H]2O. The lowest BCUT2D eigenvalue weighted by atomic mass is 9.47. The summed E-state index contributed by atoms with van der Waals surface area (Å²) in [7, 11) is 0. The van der Waals surface area contributed by atoms with Gasteiger partial charge in [0.1, 0.15) is 0 Å². The molecule has 0 aromatic carbocycles. The number of rotatable bonds is 1. The average molecular weight is 304 g/mol. The lowest BCUT2D eigenvalue weighted by molar-refractivity contribution is -0.0826. The summed E-state index contributed by atoms with van der Waals surface area (Å²) in [5, 5.41) is 20.7. The van der Waals surface area contributed by atoms with Crippen LogP contribution in [-0.2, 0) is 0 Å². The fraction of sp³-hybridized carbons (Fsp3) is 0.900. The smallest absolute Gasteiger partial charge is 0.0599 e. The van der Waals surface area contributed by atoms with Gasteiger partial charge in [0.15, 0.2) is 0 Å². The van der Waals surface area contributed by atoms with E-state index in [1.807, 2.05) is 0 Å². The van der Waals surface area contributed by atoms with Gasteiger partial charge in [-0.25, -0.2) is 0 Å². The van der Waals surface area contributed by atoms with Crippen LogP contribution in [0.3, 0.4) is 0 Å². The molecule has 124 valence electrons. The highest BCUT2D eigenvalue weighted by molar-refractivity contribution is 5.25. The molecule has 4 aliphatic rings. The molecular formula is C20H32O2. The van der Waals surface area contributed by atoms with Crippen molar-refractivity contribution in [3.63, 3.8) is 0 Å². The molecule has 0 heterocycles. The molecule has 4 aliphatic carbocycles. The van der Waals surface area contributed by atoms with Crippen LogP contribution in [0.25, 0.3) is 0 Å². The molecule has 0 bridgehead atoms. The van der Waals surface area contributed by atoms with Crippen molar-refractivity contribution >= 4 is 0 Å². The van der Waals surface area contributed by atoms with Gasteiger partial charge >= 0.3 is 0 Å². The van der Waals surface area contributed by atoms with Crippen molar-refractivity contribution in [2.45, 2.75) is 83.8 Å². The largest absolute Gasteiger partial charge is 0.393 e. The molecule has 0 radical (unpaired) electrons. The monoisotopic (exact) mass is 304 g/mol. The highest BCUT2D eigenvalue weighted by Crippen LogP contribution is 2.65. The summed E-state index contributed by atoms with van der Waals surface area (Å²) < 4.78 is 0. The lowest BCUT2D eigenvalue weighted by Gasteiger charge is -2.58. The third kappa shape index (κ3) is 1.86. The fourth-order valence-corrected chi connectivity index (χ4v) is 7.10. The van der Waals surface area contributed by atoms with E-state index in [0.717, 1.165) is 49.9 Å². The van der Waals surface area contributed by atoms with Crippen LogP contribution in [0, 0.1) is 28.6 Å². The Morgan fingerprint density at radius 2 is 1.91 bits per heavy atom. The van der Waals surface area contributed by atoms with E-state index >= 15 is 0 Å². The number of hydrogen-bond donors (Lipinski definition) is 2. The second-order valence-corrected chi connectivity index (χ2v) is 8.87. The minimum absolute atomic E-state index is 0.0604. The van der Waals surface area contributed by atoms with Crippen molar-refractivity contribution < 1.29 is 10.2 Å². The van der Waals surface area contributed by atoms with Gasteiger partial charge in [0, 0.05) is 0 Å². The molecule has 0 saturated heterocycles. The van der Waals surface area contributed by atoms with Crippen molar-refractivity contribution in [3.8, 4) is 0 Å². The second-order valence-electron chi connectivity index (χ2n) is 8.87. The molecule has 0 unspecified atom stereocenters. The van der Waals surface area contributed by atoms with Crippen LogP contribution >= 0.6 is 0 Å². The van der Waals surface area contributed by atoms with E-state index in [1.54, 1.807) is 5.57 Å². The Morgan fingerprint density at radius 1 is 1.09 bits per heavy atom. The Hall–Kier alpha value is -0.340. The molecule has 7 atom stereocenters. The maximum atomic E-state index is 10.6. The van der Waals surface area contributed by atoms with Crippen molar-refractivity contribution in [1.29, 1.82) is 0 Å². The van der Waals surface area contributed by atoms with Gasteiger partial charge in [-0.2, -0.15) is 0 Å². The maximum Gasteiger partial charge on any atom is 0.0599 e. The molecule has 2 heteroatoms. The highest BCUT2D eigenvalue weighted by atomic mass is 16.3. The average Bonchev–Trinajstić information content (AvgIpc) is 2.86. The van der Waals surface area contributed by atoms with Crippen molar-refractivity contribution in [3.05, 3.63) is 11.6 Å². The Labute approximate surface area is 135 Å². The van der Waals surface area contributed by atoms with Crippen molar-refractivity contribution in [2.75, 3.05) is 0 Å². The van der Waals surface area contributed by atoms with Crippen LogP contribution in [0.1, 0.15) is 71.6 Å². The van der Waals surface area contributed by atoms with Crippen LogP contribution in [0.4, 0.5) is 0 Å². The minimum Gasteiger partial charge on any atom is -0.393 e. The zero-order chi connectivity index (χ0) is 15.5. The van der Waals surface area contributed by atoms with Crippen LogP contribution in [0.15, 0.2) is 11.6 Å². The van der Waals surface area contributed by atoms with E-state index in [9.17, 15) is 10.2 Å². The molecule has 3 saturated carbocycles. The highest BCUT2D eigenvalue weighted by Gasteiger charge is 2.59. The number of aliphatic hydroxyl groups excluding tert-OH is 2. The zero-order valence-corrected chi connectivity index (χ0v) is 14.2. The van der Waals surface area contributed by atoms with E-state index in [2.05, 4.69) is 19.9 Å². The van der Waals surface area contributed by atoms with Gasteiger partial charge in [-0.05, 0) is 86.4 Å². The molecule has 22 heavy (non-hydrogen) atoms. The Morgan fingerprint density at radius 3 is 2.68 bits per heavy atom. The van der Waals surface area contributed by atoms with Gasteiger partial charge in [-0.3, -0.25) is 0 Å². The molecular weight excluding hydrogens is 272 g/mol. The summed E-state index contributed by atoms with van der Waals surface area (Å²) in [6.07, 6.45) is 12.5. The first-order valence-corrected chi connectivity index (χ1v) is 9.57. The van der Waals surface area contributed by atoms with Gasteiger partial charge in [-0.1, -0.05) is 25.5 Å². The van der Waals surface area contributed by atoms with Crippen LogP contribution in [0.2, 0.25) is 0 Å².